The Morgan fingerprint density at radius 2 is 1.61 bits per heavy atom. The predicted molar refractivity (Wildman–Crippen MR) is 95.2 cm³/mol. The molecule has 0 heterocycles. The van der Waals surface area contributed by atoms with Gasteiger partial charge in [0.2, 0.25) is 0 Å². The van der Waals surface area contributed by atoms with Gasteiger partial charge in [0.05, 0.1) is 5.92 Å². The first-order valence-electron chi connectivity index (χ1n) is 7.76. The number of rotatable bonds is 5. The van der Waals surface area contributed by atoms with E-state index in [9.17, 15) is 4.79 Å². The summed E-state index contributed by atoms with van der Waals surface area (Å²) in [4.78, 5) is 11.7. The highest BCUT2D eigenvalue weighted by atomic mass is 16.1. The average molecular weight is 298 g/mol. The fourth-order valence-electron chi connectivity index (χ4n) is 3.10. The van der Waals surface area contributed by atoms with E-state index in [1.807, 2.05) is 54.6 Å². The van der Waals surface area contributed by atoms with Gasteiger partial charge in [0.1, 0.15) is 6.29 Å². The zero-order chi connectivity index (χ0) is 16.1. The summed E-state index contributed by atoms with van der Waals surface area (Å²) < 4.78 is 0. The monoisotopic (exact) mass is 298 g/mol. The molecule has 0 spiro atoms. The smallest absolute Gasteiger partial charge is 0.124 e. The lowest BCUT2D eigenvalue weighted by atomic mass is 9.81. The molecule has 0 amide bonds. The van der Waals surface area contributed by atoms with Crippen LogP contribution in [0.1, 0.15) is 17.0 Å². The van der Waals surface area contributed by atoms with Gasteiger partial charge in [-0.25, -0.2) is 0 Å². The van der Waals surface area contributed by atoms with E-state index in [0.29, 0.717) is 6.42 Å². The van der Waals surface area contributed by atoms with Gasteiger partial charge in [-0.15, -0.1) is 6.42 Å². The van der Waals surface area contributed by atoms with Gasteiger partial charge in [0.15, 0.2) is 0 Å². The summed E-state index contributed by atoms with van der Waals surface area (Å²) in [5.74, 6) is 2.40. The highest BCUT2D eigenvalue weighted by Gasteiger charge is 2.22. The molecule has 0 unspecified atom stereocenters. The maximum atomic E-state index is 11.7. The van der Waals surface area contributed by atoms with Crippen LogP contribution >= 0.6 is 0 Å². The van der Waals surface area contributed by atoms with Crippen molar-refractivity contribution in [1.29, 1.82) is 0 Å². The first-order chi connectivity index (χ1) is 11.3. The highest BCUT2D eigenvalue weighted by molar-refractivity contribution is 5.87. The van der Waals surface area contributed by atoms with Gasteiger partial charge in [0, 0.05) is 5.92 Å². The Bertz CT molecular complexity index is 837. The molecule has 0 aliphatic rings. The zero-order valence-corrected chi connectivity index (χ0v) is 12.9. The van der Waals surface area contributed by atoms with Crippen molar-refractivity contribution in [3.05, 3.63) is 83.9 Å². The fraction of sp³-hybridized carbons (Fsp3) is 0.136. The number of hydrogen-bond acceptors (Lipinski definition) is 1. The molecule has 23 heavy (non-hydrogen) atoms. The minimum atomic E-state index is -0.229. The van der Waals surface area contributed by atoms with Crippen LogP contribution in [-0.4, -0.2) is 6.29 Å². The number of carbonyl (C=O) groups excluding carboxylic acids is 1. The maximum absolute atomic E-state index is 11.7. The van der Waals surface area contributed by atoms with Gasteiger partial charge in [0.25, 0.3) is 0 Å². The van der Waals surface area contributed by atoms with Crippen molar-refractivity contribution < 1.29 is 4.79 Å². The molecular weight excluding hydrogens is 280 g/mol. The lowest BCUT2D eigenvalue weighted by Crippen LogP contribution is -2.16. The van der Waals surface area contributed by atoms with Crippen molar-refractivity contribution in [3.63, 3.8) is 0 Å². The summed E-state index contributed by atoms with van der Waals surface area (Å²) in [6, 6.07) is 24.3. The van der Waals surface area contributed by atoms with E-state index in [1.165, 1.54) is 0 Å². The Kier molecular flexibility index (Phi) is 4.54. The van der Waals surface area contributed by atoms with Crippen LogP contribution in [0.25, 0.3) is 10.8 Å². The topological polar surface area (TPSA) is 17.1 Å². The van der Waals surface area contributed by atoms with Gasteiger partial charge >= 0.3 is 0 Å². The average Bonchev–Trinajstić information content (AvgIpc) is 2.62. The van der Waals surface area contributed by atoms with Crippen molar-refractivity contribution in [2.75, 3.05) is 0 Å². The maximum Gasteiger partial charge on any atom is 0.124 e. The lowest BCUT2D eigenvalue weighted by Gasteiger charge is -2.20. The van der Waals surface area contributed by atoms with Crippen LogP contribution < -0.4 is 0 Å². The first kappa shape index (κ1) is 15.1. The van der Waals surface area contributed by atoms with Crippen molar-refractivity contribution in [2.24, 2.45) is 5.92 Å². The standard InChI is InChI=1S/C22H18O/c1-2-20(19(16-23)15-17-9-4-3-5-10-17)22-14-8-12-18-11-6-7-13-21(18)22/h1,3-14,16,19-20H,15H2/t19-,20-/m0/s1. The van der Waals surface area contributed by atoms with Crippen molar-refractivity contribution in [1.82, 2.24) is 0 Å². The largest absolute Gasteiger partial charge is 0.303 e. The van der Waals surface area contributed by atoms with Crippen molar-refractivity contribution in [2.45, 2.75) is 12.3 Å². The third kappa shape index (κ3) is 3.17. The van der Waals surface area contributed by atoms with Gasteiger partial charge in [-0.2, -0.15) is 0 Å². The number of benzene rings is 3. The second-order valence-electron chi connectivity index (χ2n) is 5.70. The van der Waals surface area contributed by atoms with Crippen LogP contribution in [0.3, 0.4) is 0 Å². The number of fused-ring (bicyclic) bond motifs is 1. The van der Waals surface area contributed by atoms with Gasteiger partial charge < -0.3 is 4.79 Å². The molecule has 0 radical (unpaired) electrons. The number of hydrogen-bond donors (Lipinski definition) is 0. The third-order valence-corrected chi connectivity index (χ3v) is 4.26. The van der Waals surface area contributed by atoms with E-state index in [-0.39, 0.29) is 11.8 Å². The molecular formula is C22H18O. The van der Waals surface area contributed by atoms with Crippen molar-refractivity contribution >= 4 is 17.1 Å². The first-order valence-corrected chi connectivity index (χ1v) is 7.76. The molecule has 1 heteroatoms. The fourth-order valence-corrected chi connectivity index (χ4v) is 3.10. The molecule has 112 valence electrons. The Balaban J connectivity index is 2.00. The SMILES string of the molecule is C#C[C@H](c1cccc2ccccc12)[C@H](C=O)Cc1ccccc1. The molecule has 0 aromatic heterocycles. The molecule has 0 saturated heterocycles. The second-order valence-corrected chi connectivity index (χ2v) is 5.70. The Morgan fingerprint density at radius 1 is 0.913 bits per heavy atom. The molecule has 0 N–H and O–H groups in total. The molecule has 1 nitrogen and oxygen atoms in total. The van der Waals surface area contributed by atoms with E-state index in [1.54, 1.807) is 0 Å². The van der Waals surface area contributed by atoms with Gasteiger partial charge in [-0.3, -0.25) is 0 Å². The van der Waals surface area contributed by atoms with Crippen LogP contribution in [-0.2, 0) is 11.2 Å². The number of terminal acetylenes is 1. The number of aldehydes is 1. The quantitative estimate of drug-likeness (QED) is 0.496. The molecule has 0 fully saturated rings. The van der Waals surface area contributed by atoms with E-state index >= 15 is 0 Å². The summed E-state index contributed by atoms with van der Waals surface area (Å²) >= 11 is 0. The summed E-state index contributed by atoms with van der Waals surface area (Å²) in [6.07, 6.45) is 7.47. The second kappa shape index (κ2) is 6.94. The molecule has 3 rings (SSSR count). The third-order valence-electron chi connectivity index (χ3n) is 4.26. The lowest BCUT2D eigenvalue weighted by molar-refractivity contribution is -0.111. The molecule has 3 aromatic rings. The van der Waals surface area contributed by atoms with E-state index < -0.39 is 0 Å². The molecule has 3 aromatic carbocycles. The Hall–Kier alpha value is -2.85. The van der Waals surface area contributed by atoms with Crippen LogP contribution in [0.15, 0.2) is 72.8 Å². The van der Waals surface area contributed by atoms with Gasteiger partial charge in [-0.05, 0) is 28.3 Å². The van der Waals surface area contributed by atoms with Crippen molar-refractivity contribution in [3.8, 4) is 12.3 Å². The Labute approximate surface area is 137 Å². The van der Waals surface area contributed by atoms with Crippen LogP contribution in [0.5, 0.6) is 0 Å². The minimum absolute atomic E-state index is 0.223. The zero-order valence-electron chi connectivity index (χ0n) is 12.9. The summed E-state index contributed by atoms with van der Waals surface area (Å²) in [5.41, 5.74) is 2.18. The normalized spacial score (nSPS) is 13.2. The van der Waals surface area contributed by atoms with Crippen LogP contribution in [0.4, 0.5) is 0 Å². The summed E-state index contributed by atoms with van der Waals surface area (Å²) in [6.45, 7) is 0. The Morgan fingerprint density at radius 3 is 2.35 bits per heavy atom. The van der Waals surface area contributed by atoms with Crippen LogP contribution in [0.2, 0.25) is 0 Å². The highest BCUT2D eigenvalue weighted by Crippen LogP contribution is 2.31. The van der Waals surface area contributed by atoms with E-state index in [2.05, 4.69) is 24.1 Å². The molecule has 0 bridgehead atoms. The summed E-state index contributed by atoms with van der Waals surface area (Å²) in [5, 5.41) is 2.27. The van der Waals surface area contributed by atoms with E-state index in [4.69, 9.17) is 6.42 Å². The molecule has 0 saturated carbocycles. The van der Waals surface area contributed by atoms with Gasteiger partial charge in [-0.1, -0.05) is 78.7 Å². The summed E-state index contributed by atoms with van der Waals surface area (Å²) in [7, 11) is 0. The van der Waals surface area contributed by atoms with Crippen LogP contribution in [0, 0.1) is 18.3 Å². The molecule has 2 atom stereocenters. The number of carbonyl (C=O) groups is 1. The van der Waals surface area contributed by atoms with E-state index in [0.717, 1.165) is 28.2 Å². The molecule has 0 aliphatic carbocycles. The minimum Gasteiger partial charge on any atom is -0.303 e. The molecule has 0 aliphatic heterocycles. The predicted octanol–water partition coefficient (Wildman–Crippen LogP) is 4.61.